The molecular formula is C16H29BN4U. The predicted molar refractivity (Wildman–Crippen MR) is 91.8 cm³/mol. The average molecular weight is 527 g/mol. The maximum atomic E-state index is 5.25. The minimum Gasteiger partial charge on any atom is -0.360 e. The molecule has 4 nitrogen and oxygen atoms in total. The quantitative estimate of drug-likeness (QED) is 0.451. The van der Waals surface area contributed by atoms with Crippen LogP contribution in [0.1, 0.15) is 51.4 Å². The molecule has 0 aliphatic carbocycles. The summed E-state index contributed by atoms with van der Waals surface area (Å²) in [5.41, 5.74) is 0. The molecule has 2 radical (unpaired) electrons. The number of amidine groups is 2. The molecule has 0 aromatic rings. The van der Waals surface area contributed by atoms with Gasteiger partial charge in [0.05, 0.1) is 11.7 Å². The standard InChI is InChI=1S/C9H16N2.C7H12N2.BH.U/c1-2-5-9-10-6-4-8-11(9)7-3-1;1-3-7-8-4-2-6-9(7)5-1;;/h1-8H2;1-6H2;1H;/i;;1D;. The summed E-state index contributed by atoms with van der Waals surface area (Å²) in [5, 5.41) is 0. The number of hydrogen-bond donors (Lipinski definition) is 0. The summed E-state index contributed by atoms with van der Waals surface area (Å²) in [5.74, 6) is 2.77. The van der Waals surface area contributed by atoms with Crippen LogP contribution in [0.2, 0.25) is 0 Å². The van der Waals surface area contributed by atoms with Crippen LogP contribution in [0.3, 0.4) is 0 Å². The van der Waals surface area contributed by atoms with Crippen LogP contribution in [-0.2, 0) is 0 Å². The van der Waals surface area contributed by atoms with E-state index in [0.29, 0.717) is 0 Å². The van der Waals surface area contributed by atoms with Gasteiger partial charge in [-0.3, -0.25) is 9.98 Å². The minimum absolute atomic E-state index is 0. The van der Waals surface area contributed by atoms with Crippen LogP contribution in [0, 0.1) is 31.1 Å². The first-order chi connectivity index (χ1) is 10.9. The molecule has 0 atom stereocenters. The molecular weight excluding hydrogens is 497 g/mol. The molecule has 4 aliphatic heterocycles. The third kappa shape index (κ3) is 5.60. The summed E-state index contributed by atoms with van der Waals surface area (Å²) in [7, 11) is 3.75. The van der Waals surface area contributed by atoms with Crippen molar-refractivity contribution in [3.8, 4) is 0 Å². The summed E-state index contributed by atoms with van der Waals surface area (Å²) in [6, 6.07) is 0. The molecule has 0 unspecified atom stereocenters. The summed E-state index contributed by atoms with van der Waals surface area (Å²) in [4.78, 5) is 13.9. The van der Waals surface area contributed by atoms with Gasteiger partial charge in [-0.15, -0.1) is 0 Å². The molecule has 2 fully saturated rings. The number of nitrogens with zero attached hydrogens (tertiary/aromatic N) is 4. The predicted octanol–water partition coefficient (Wildman–Crippen LogP) is 1.90. The number of aliphatic imine (C=N–C) groups is 2. The first-order valence-electron chi connectivity index (χ1n) is 9.08. The van der Waals surface area contributed by atoms with Crippen molar-refractivity contribution < 1.29 is 31.1 Å². The van der Waals surface area contributed by atoms with Gasteiger partial charge >= 0.3 is 0 Å². The number of fused-ring (bicyclic) bond motifs is 2. The molecule has 0 spiro atoms. The fourth-order valence-corrected chi connectivity index (χ4v) is 3.54. The van der Waals surface area contributed by atoms with E-state index in [-0.39, 0.29) is 31.1 Å². The van der Waals surface area contributed by atoms with Gasteiger partial charge in [-0.1, -0.05) is 6.42 Å². The Morgan fingerprint density at radius 3 is 1.82 bits per heavy atom. The molecule has 0 bridgehead atoms. The first-order valence-corrected chi connectivity index (χ1v) is 8.50. The molecule has 0 aromatic heterocycles. The van der Waals surface area contributed by atoms with Gasteiger partial charge in [-0.2, -0.15) is 0 Å². The van der Waals surface area contributed by atoms with E-state index in [1.54, 1.807) is 0 Å². The maximum absolute atomic E-state index is 5.25. The van der Waals surface area contributed by atoms with Gasteiger partial charge in [0.25, 0.3) is 0 Å². The van der Waals surface area contributed by atoms with Crippen molar-refractivity contribution in [2.75, 3.05) is 39.3 Å². The van der Waals surface area contributed by atoms with Crippen molar-refractivity contribution in [1.29, 1.82) is 1.34 Å². The van der Waals surface area contributed by atoms with E-state index in [9.17, 15) is 0 Å². The van der Waals surface area contributed by atoms with Crippen molar-refractivity contribution >= 4 is 20.0 Å². The first kappa shape index (κ1) is 18.4. The zero-order chi connectivity index (χ0) is 15.6. The van der Waals surface area contributed by atoms with Crippen molar-refractivity contribution in [2.45, 2.75) is 51.4 Å². The van der Waals surface area contributed by atoms with E-state index >= 15 is 0 Å². The fourth-order valence-electron chi connectivity index (χ4n) is 3.54. The summed E-state index contributed by atoms with van der Waals surface area (Å²) >= 11 is 0. The van der Waals surface area contributed by atoms with Gasteiger partial charge in [-0.25, -0.2) is 0 Å². The monoisotopic (exact) mass is 527 g/mol. The van der Waals surface area contributed by atoms with Gasteiger partial charge in [0.1, 0.15) is 0 Å². The van der Waals surface area contributed by atoms with Gasteiger partial charge in [0.15, 0.2) is 0 Å². The molecule has 2 saturated heterocycles. The second kappa shape index (κ2) is 10.8. The van der Waals surface area contributed by atoms with E-state index in [2.05, 4.69) is 28.2 Å². The van der Waals surface area contributed by atoms with Crippen LogP contribution >= 0.6 is 0 Å². The second-order valence-electron chi connectivity index (χ2n) is 6.19. The Morgan fingerprint density at radius 1 is 0.682 bits per heavy atom. The number of hydrogen-bond acceptors (Lipinski definition) is 4. The topological polar surface area (TPSA) is 31.2 Å². The second-order valence-corrected chi connectivity index (χ2v) is 6.19. The largest absolute Gasteiger partial charge is 0.360 e. The zero-order valence-electron chi connectivity index (χ0n) is 14.8. The Hall–Kier alpha value is 0.0569. The fraction of sp³-hybridized carbons (Fsp3) is 0.875. The molecule has 4 aliphatic rings. The van der Waals surface area contributed by atoms with Crippen LogP contribution in [0.15, 0.2) is 9.98 Å². The third-order valence-electron chi connectivity index (χ3n) is 4.65. The summed E-state index contributed by atoms with van der Waals surface area (Å²) < 4.78 is 5.25. The normalized spacial score (nSPS) is 23.5. The molecule has 0 N–H and O–H groups in total. The molecule has 22 heavy (non-hydrogen) atoms. The Balaban J connectivity index is 0.000000203. The van der Waals surface area contributed by atoms with Crippen LogP contribution in [0.4, 0.5) is 0 Å². The molecule has 4 heterocycles. The van der Waals surface area contributed by atoms with E-state index in [0.717, 1.165) is 13.1 Å². The minimum atomic E-state index is 0. The zero-order valence-corrected chi connectivity index (χ0v) is 17.9. The number of rotatable bonds is 0. The van der Waals surface area contributed by atoms with Gasteiger partial charge in [0, 0.05) is 91.6 Å². The Labute approximate surface area is 162 Å². The molecule has 4 rings (SSSR count). The third-order valence-corrected chi connectivity index (χ3v) is 4.65. The van der Waals surface area contributed by atoms with Crippen molar-refractivity contribution in [3.05, 3.63) is 0 Å². The van der Waals surface area contributed by atoms with Gasteiger partial charge < -0.3 is 9.80 Å². The van der Waals surface area contributed by atoms with E-state index in [1.807, 2.05) is 0 Å². The Morgan fingerprint density at radius 2 is 1.18 bits per heavy atom. The molecule has 0 saturated carbocycles. The van der Waals surface area contributed by atoms with E-state index in [1.165, 1.54) is 89.2 Å². The molecule has 0 aromatic carbocycles. The van der Waals surface area contributed by atoms with E-state index < -0.39 is 0 Å². The Bertz CT molecular complexity index is 392. The van der Waals surface area contributed by atoms with Crippen LogP contribution in [0.5, 0.6) is 0 Å². The molecule has 0 amide bonds. The van der Waals surface area contributed by atoms with Crippen LogP contribution < -0.4 is 0 Å². The smallest absolute Gasteiger partial charge is 0.0989 e. The molecule has 120 valence electrons. The van der Waals surface area contributed by atoms with Crippen molar-refractivity contribution in [3.63, 3.8) is 0 Å². The van der Waals surface area contributed by atoms with Gasteiger partial charge in [-0.05, 0) is 33.4 Å². The van der Waals surface area contributed by atoms with Crippen molar-refractivity contribution in [1.82, 2.24) is 9.80 Å². The van der Waals surface area contributed by atoms with Crippen LogP contribution in [0.25, 0.3) is 0 Å². The maximum Gasteiger partial charge on any atom is 0.0989 e. The van der Waals surface area contributed by atoms with Crippen LogP contribution in [-0.4, -0.2) is 70.5 Å². The SMILES string of the molecule is C1CCC2=NCCCN2CC1.C1CN=C2CCCN2C1.[2H][B].[U]. The Kier molecular flexibility index (Phi) is 9.00. The molecule has 6 heteroatoms. The van der Waals surface area contributed by atoms with E-state index in [4.69, 9.17) is 1.34 Å². The summed E-state index contributed by atoms with van der Waals surface area (Å²) in [6.45, 7) is 7.20. The van der Waals surface area contributed by atoms with Crippen molar-refractivity contribution in [2.24, 2.45) is 9.98 Å². The average Bonchev–Trinajstić information content (AvgIpc) is 2.94. The summed E-state index contributed by atoms with van der Waals surface area (Å²) in [6.07, 6.45) is 10.5. The van der Waals surface area contributed by atoms with Gasteiger partial charge in [0.2, 0.25) is 0 Å².